The Bertz CT molecular complexity index is 1190. The third-order valence-electron chi connectivity index (χ3n) is 4.36. The SMILES string of the molecule is CCOC(=O)c1sc2nc(SCc3ccc(Cl)cc3)nc(-c3ccccc3)c2c1N. The lowest BCUT2D eigenvalue weighted by molar-refractivity contribution is 0.0533. The van der Waals surface area contributed by atoms with Crippen molar-refractivity contribution >= 4 is 56.6 Å². The summed E-state index contributed by atoms with van der Waals surface area (Å²) < 4.78 is 5.16. The summed E-state index contributed by atoms with van der Waals surface area (Å²) in [4.78, 5) is 22.8. The number of ether oxygens (including phenoxy) is 1. The number of thioether (sulfide) groups is 1. The molecule has 0 aliphatic carbocycles. The fourth-order valence-corrected chi connectivity index (χ4v) is 4.92. The van der Waals surface area contributed by atoms with E-state index in [1.807, 2.05) is 54.6 Å². The minimum absolute atomic E-state index is 0.284. The van der Waals surface area contributed by atoms with Crippen molar-refractivity contribution in [2.24, 2.45) is 0 Å². The number of thiophene rings is 1. The second-order valence-corrected chi connectivity index (χ2v) is 8.76. The molecule has 0 fully saturated rings. The zero-order chi connectivity index (χ0) is 21.1. The molecule has 2 aromatic heterocycles. The number of carbonyl (C=O) groups is 1. The predicted molar refractivity (Wildman–Crippen MR) is 124 cm³/mol. The molecule has 30 heavy (non-hydrogen) atoms. The summed E-state index contributed by atoms with van der Waals surface area (Å²) in [6, 6.07) is 17.5. The Morgan fingerprint density at radius 2 is 1.87 bits per heavy atom. The Hall–Kier alpha value is -2.61. The number of carbonyl (C=O) groups excluding carboxylic acids is 1. The summed E-state index contributed by atoms with van der Waals surface area (Å²) in [5.41, 5.74) is 9.45. The second-order valence-electron chi connectivity index (χ2n) is 6.38. The molecule has 8 heteroatoms. The average Bonchev–Trinajstić information content (AvgIpc) is 3.10. The number of hydrogen-bond acceptors (Lipinski definition) is 7. The van der Waals surface area contributed by atoms with E-state index in [2.05, 4.69) is 4.98 Å². The zero-order valence-electron chi connectivity index (χ0n) is 16.1. The molecule has 0 atom stereocenters. The van der Waals surface area contributed by atoms with Gasteiger partial charge in [0.05, 0.1) is 23.4 Å². The summed E-state index contributed by atoms with van der Waals surface area (Å²) in [5.74, 6) is 0.259. The largest absolute Gasteiger partial charge is 0.462 e. The third kappa shape index (κ3) is 4.28. The van der Waals surface area contributed by atoms with E-state index in [0.29, 0.717) is 42.4 Å². The second kappa shape index (κ2) is 9.04. The maximum Gasteiger partial charge on any atom is 0.350 e. The van der Waals surface area contributed by atoms with Gasteiger partial charge in [0, 0.05) is 16.3 Å². The summed E-state index contributed by atoms with van der Waals surface area (Å²) in [7, 11) is 0. The van der Waals surface area contributed by atoms with E-state index >= 15 is 0 Å². The van der Waals surface area contributed by atoms with Crippen LogP contribution in [0.25, 0.3) is 21.5 Å². The number of esters is 1. The molecule has 2 aromatic carbocycles. The highest BCUT2D eigenvalue weighted by Gasteiger charge is 2.23. The Morgan fingerprint density at radius 3 is 2.57 bits per heavy atom. The quantitative estimate of drug-likeness (QED) is 0.216. The molecule has 0 aliphatic heterocycles. The van der Waals surface area contributed by atoms with E-state index in [4.69, 9.17) is 27.1 Å². The first-order valence-corrected chi connectivity index (χ1v) is 11.4. The van der Waals surface area contributed by atoms with Crippen molar-refractivity contribution in [1.29, 1.82) is 0 Å². The lowest BCUT2D eigenvalue weighted by atomic mass is 10.1. The van der Waals surface area contributed by atoms with E-state index in [9.17, 15) is 4.79 Å². The Labute approximate surface area is 187 Å². The van der Waals surface area contributed by atoms with Gasteiger partial charge in [0.1, 0.15) is 9.71 Å². The van der Waals surface area contributed by atoms with Gasteiger partial charge in [0.15, 0.2) is 5.16 Å². The van der Waals surface area contributed by atoms with E-state index in [1.165, 1.54) is 23.1 Å². The summed E-state index contributed by atoms with van der Waals surface area (Å²) in [5, 5.41) is 2.01. The van der Waals surface area contributed by atoms with Crippen LogP contribution in [0.1, 0.15) is 22.2 Å². The van der Waals surface area contributed by atoms with E-state index < -0.39 is 5.97 Å². The van der Waals surface area contributed by atoms with Crippen LogP contribution >= 0.6 is 34.7 Å². The molecule has 0 aliphatic rings. The molecule has 4 aromatic rings. The number of benzene rings is 2. The lowest BCUT2D eigenvalue weighted by Gasteiger charge is -2.07. The highest BCUT2D eigenvalue weighted by molar-refractivity contribution is 7.98. The van der Waals surface area contributed by atoms with Crippen molar-refractivity contribution in [3.63, 3.8) is 0 Å². The van der Waals surface area contributed by atoms with Crippen LogP contribution in [0.2, 0.25) is 5.02 Å². The summed E-state index contributed by atoms with van der Waals surface area (Å²) in [6.07, 6.45) is 0. The van der Waals surface area contributed by atoms with E-state index in [1.54, 1.807) is 6.92 Å². The van der Waals surface area contributed by atoms with Gasteiger partial charge in [-0.05, 0) is 24.6 Å². The average molecular weight is 456 g/mol. The predicted octanol–water partition coefficient (Wildman–Crippen LogP) is 6.06. The highest BCUT2D eigenvalue weighted by atomic mass is 35.5. The van der Waals surface area contributed by atoms with Gasteiger partial charge < -0.3 is 10.5 Å². The van der Waals surface area contributed by atoms with Crippen LogP contribution in [-0.4, -0.2) is 22.5 Å². The maximum absolute atomic E-state index is 12.4. The van der Waals surface area contributed by atoms with Crippen molar-refractivity contribution in [3.05, 3.63) is 70.1 Å². The molecule has 2 N–H and O–H groups in total. The van der Waals surface area contributed by atoms with Gasteiger partial charge in [-0.1, -0.05) is 65.8 Å². The van der Waals surface area contributed by atoms with Crippen molar-refractivity contribution in [2.75, 3.05) is 12.3 Å². The molecule has 0 spiro atoms. The van der Waals surface area contributed by atoms with Crippen LogP contribution in [0.15, 0.2) is 59.8 Å². The Balaban J connectivity index is 1.78. The number of aromatic nitrogens is 2. The van der Waals surface area contributed by atoms with Gasteiger partial charge >= 0.3 is 5.97 Å². The summed E-state index contributed by atoms with van der Waals surface area (Å²) >= 11 is 8.73. The number of halogens is 1. The smallest absolute Gasteiger partial charge is 0.350 e. The van der Waals surface area contributed by atoms with Crippen molar-refractivity contribution in [1.82, 2.24) is 9.97 Å². The Morgan fingerprint density at radius 1 is 1.13 bits per heavy atom. The van der Waals surface area contributed by atoms with E-state index in [0.717, 1.165) is 11.1 Å². The highest BCUT2D eigenvalue weighted by Crippen LogP contribution is 2.40. The number of nitrogen functional groups attached to an aromatic ring is 1. The van der Waals surface area contributed by atoms with Gasteiger partial charge in [0.25, 0.3) is 0 Å². The van der Waals surface area contributed by atoms with Crippen LogP contribution in [0, 0.1) is 0 Å². The molecular formula is C22H18ClN3O2S2. The van der Waals surface area contributed by atoms with Crippen LogP contribution in [0.3, 0.4) is 0 Å². The molecule has 152 valence electrons. The first-order valence-electron chi connectivity index (χ1n) is 9.26. The number of rotatable bonds is 6. The molecule has 0 saturated carbocycles. The van der Waals surface area contributed by atoms with Crippen molar-refractivity contribution in [2.45, 2.75) is 17.8 Å². The fourth-order valence-electron chi connectivity index (χ4n) is 2.95. The molecule has 0 unspecified atom stereocenters. The van der Waals surface area contributed by atoms with Gasteiger partial charge in [-0.2, -0.15) is 0 Å². The first kappa shape index (κ1) is 20.7. The van der Waals surface area contributed by atoms with E-state index in [-0.39, 0.29) is 6.61 Å². The number of hydrogen-bond donors (Lipinski definition) is 1. The minimum atomic E-state index is -0.438. The molecule has 0 radical (unpaired) electrons. The summed E-state index contributed by atoms with van der Waals surface area (Å²) in [6.45, 7) is 2.05. The van der Waals surface area contributed by atoms with Gasteiger partial charge in [-0.3, -0.25) is 0 Å². The molecule has 4 rings (SSSR count). The molecule has 5 nitrogen and oxygen atoms in total. The van der Waals surface area contributed by atoms with Gasteiger partial charge in [-0.15, -0.1) is 11.3 Å². The topological polar surface area (TPSA) is 78.1 Å². The standard InChI is InChI=1S/C22H18ClN3O2S2/c1-2-28-21(27)19-17(24)16-18(14-6-4-3-5-7-14)25-22(26-20(16)30-19)29-12-13-8-10-15(23)11-9-13/h3-11H,2,12,24H2,1H3. The Kier molecular flexibility index (Phi) is 6.22. The first-order chi connectivity index (χ1) is 14.6. The normalized spacial score (nSPS) is 11.0. The van der Waals surface area contributed by atoms with Crippen LogP contribution in [0.4, 0.5) is 5.69 Å². The minimum Gasteiger partial charge on any atom is -0.462 e. The van der Waals surface area contributed by atoms with Crippen molar-refractivity contribution in [3.8, 4) is 11.3 Å². The molecule has 0 amide bonds. The molecular weight excluding hydrogens is 438 g/mol. The van der Waals surface area contributed by atoms with Crippen LogP contribution in [-0.2, 0) is 10.5 Å². The number of anilines is 1. The molecule has 0 bridgehead atoms. The molecule has 0 saturated heterocycles. The number of fused-ring (bicyclic) bond motifs is 1. The third-order valence-corrected chi connectivity index (χ3v) is 6.61. The van der Waals surface area contributed by atoms with Gasteiger partial charge in [0.2, 0.25) is 0 Å². The monoisotopic (exact) mass is 455 g/mol. The maximum atomic E-state index is 12.4. The lowest BCUT2D eigenvalue weighted by Crippen LogP contribution is -2.05. The fraction of sp³-hybridized carbons (Fsp3) is 0.136. The number of nitrogens with two attached hydrogens (primary N) is 1. The van der Waals surface area contributed by atoms with Gasteiger partial charge in [-0.25, -0.2) is 14.8 Å². The van der Waals surface area contributed by atoms with Crippen molar-refractivity contribution < 1.29 is 9.53 Å². The number of nitrogens with zero attached hydrogens (tertiary/aromatic N) is 2. The van der Waals surface area contributed by atoms with Crippen LogP contribution in [0.5, 0.6) is 0 Å². The van der Waals surface area contributed by atoms with Crippen LogP contribution < -0.4 is 5.73 Å². The zero-order valence-corrected chi connectivity index (χ0v) is 18.5. The molecule has 2 heterocycles.